The second kappa shape index (κ2) is 4.36. The van der Waals surface area contributed by atoms with Crippen LogP contribution in [0.1, 0.15) is 37.3 Å². The molecule has 0 spiro atoms. The van der Waals surface area contributed by atoms with Gasteiger partial charge in [-0.15, -0.1) is 0 Å². The van der Waals surface area contributed by atoms with Gasteiger partial charge in [-0.1, -0.05) is 0 Å². The minimum absolute atomic E-state index is 0.662. The summed E-state index contributed by atoms with van der Waals surface area (Å²) < 4.78 is 0. The molecule has 1 aliphatic heterocycles. The predicted octanol–water partition coefficient (Wildman–Crippen LogP) is 3.26. The summed E-state index contributed by atoms with van der Waals surface area (Å²) >= 11 is 0. The number of nitrogens with two attached hydrogens (primary N) is 1. The number of piperidine rings is 1. The number of nitrogens with zero attached hydrogens (tertiary/aromatic N) is 1. The van der Waals surface area contributed by atoms with Gasteiger partial charge in [0.2, 0.25) is 0 Å². The van der Waals surface area contributed by atoms with Crippen LogP contribution in [0.25, 0.3) is 0 Å². The summed E-state index contributed by atoms with van der Waals surface area (Å²) in [7, 11) is 0. The fraction of sp³-hybridized carbons (Fsp3) is 0.571. The van der Waals surface area contributed by atoms with Crippen LogP contribution in [0.4, 0.5) is 11.4 Å². The van der Waals surface area contributed by atoms with Gasteiger partial charge >= 0.3 is 0 Å². The normalized spacial score (nSPS) is 21.2. The second-order valence-corrected chi connectivity index (χ2v) is 5.03. The van der Waals surface area contributed by atoms with Gasteiger partial charge in [0.1, 0.15) is 0 Å². The van der Waals surface area contributed by atoms with Crippen molar-refractivity contribution >= 4 is 11.4 Å². The van der Waals surface area contributed by atoms with Crippen LogP contribution < -0.4 is 10.6 Å². The molecule has 2 heteroatoms. The first-order valence-corrected chi connectivity index (χ1v) is 6.23. The van der Waals surface area contributed by atoms with Crippen LogP contribution >= 0.6 is 0 Å². The van der Waals surface area contributed by atoms with Crippen LogP contribution in [0.3, 0.4) is 0 Å². The molecule has 2 N–H and O–H groups in total. The number of hydrogen-bond donors (Lipinski definition) is 1. The first-order chi connectivity index (χ1) is 7.59. The van der Waals surface area contributed by atoms with Crippen molar-refractivity contribution in [2.45, 2.75) is 46.1 Å². The standard InChI is InChI=1S/C14H22N2/c1-10-9-14(11(2)8-13(10)15)16-7-5-4-6-12(16)3/h8-9,12H,4-7,15H2,1-3H3/t12-/m0/s1. The van der Waals surface area contributed by atoms with E-state index in [4.69, 9.17) is 5.73 Å². The van der Waals surface area contributed by atoms with Crippen LogP contribution in [0, 0.1) is 13.8 Å². The molecule has 2 nitrogen and oxygen atoms in total. The minimum atomic E-state index is 0.662. The highest BCUT2D eigenvalue weighted by atomic mass is 15.2. The molecule has 88 valence electrons. The molecule has 1 aliphatic rings. The van der Waals surface area contributed by atoms with E-state index in [1.165, 1.54) is 42.6 Å². The van der Waals surface area contributed by atoms with Crippen molar-refractivity contribution in [1.29, 1.82) is 0 Å². The monoisotopic (exact) mass is 218 g/mol. The van der Waals surface area contributed by atoms with Gasteiger partial charge in [0, 0.05) is 24.0 Å². The lowest BCUT2D eigenvalue weighted by Gasteiger charge is -2.36. The lowest BCUT2D eigenvalue weighted by molar-refractivity contribution is 0.484. The molecule has 16 heavy (non-hydrogen) atoms. The van der Waals surface area contributed by atoms with E-state index in [9.17, 15) is 0 Å². The largest absolute Gasteiger partial charge is 0.399 e. The fourth-order valence-corrected chi connectivity index (χ4v) is 2.59. The van der Waals surface area contributed by atoms with E-state index < -0.39 is 0 Å². The Morgan fingerprint density at radius 2 is 1.94 bits per heavy atom. The van der Waals surface area contributed by atoms with E-state index >= 15 is 0 Å². The maximum absolute atomic E-state index is 5.94. The average molecular weight is 218 g/mol. The van der Waals surface area contributed by atoms with Crippen molar-refractivity contribution < 1.29 is 0 Å². The van der Waals surface area contributed by atoms with Crippen molar-refractivity contribution in [1.82, 2.24) is 0 Å². The second-order valence-electron chi connectivity index (χ2n) is 5.03. The molecular formula is C14H22N2. The predicted molar refractivity (Wildman–Crippen MR) is 71.0 cm³/mol. The van der Waals surface area contributed by atoms with Gasteiger partial charge in [0.05, 0.1) is 0 Å². The first-order valence-electron chi connectivity index (χ1n) is 6.23. The zero-order valence-corrected chi connectivity index (χ0v) is 10.6. The van der Waals surface area contributed by atoms with Crippen LogP contribution in [0.15, 0.2) is 12.1 Å². The molecule has 2 rings (SSSR count). The molecule has 0 aliphatic carbocycles. The molecule has 1 aromatic rings. The van der Waals surface area contributed by atoms with Gasteiger partial charge in [0.15, 0.2) is 0 Å². The summed E-state index contributed by atoms with van der Waals surface area (Å²) in [6.45, 7) is 7.76. The highest BCUT2D eigenvalue weighted by molar-refractivity contribution is 5.63. The molecule has 0 bridgehead atoms. The topological polar surface area (TPSA) is 29.3 Å². The highest BCUT2D eigenvalue weighted by Gasteiger charge is 2.20. The summed E-state index contributed by atoms with van der Waals surface area (Å²) in [5.74, 6) is 0. The van der Waals surface area contributed by atoms with E-state index in [1.807, 2.05) is 0 Å². The Hall–Kier alpha value is -1.18. The van der Waals surface area contributed by atoms with E-state index in [2.05, 4.69) is 37.8 Å². The van der Waals surface area contributed by atoms with Crippen molar-refractivity contribution in [3.05, 3.63) is 23.3 Å². The third-order valence-corrected chi connectivity index (χ3v) is 3.70. The van der Waals surface area contributed by atoms with E-state index in [1.54, 1.807) is 0 Å². The molecule has 1 saturated heterocycles. The molecular weight excluding hydrogens is 196 g/mol. The number of anilines is 2. The summed E-state index contributed by atoms with van der Waals surface area (Å²) in [6.07, 6.45) is 3.99. The maximum Gasteiger partial charge on any atom is 0.0402 e. The number of rotatable bonds is 1. The van der Waals surface area contributed by atoms with Gasteiger partial charge in [-0.2, -0.15) is 0 Å². The third-order valence-electron chi connectivity index (χ3n) is 3.70. The summed E-state index contributed by atoms with van der Waals surface area (Å²) in [6, 6.07) is 5.01. The Labute approximate surface area is 98.4 Å². The van der Waals surface area contributed by atoms with Crippen molar-refractivity contribution in [2.24, 2.45) is 0 Å². The van der Waals surface area contributed by atoms with E-state index in [-0.39, 0.29) is 0 Å². The van der Waals surface area contributed by atoms with Crippen LogP contribution in [-0.2, 0) is 0 Å². The number of nitrogen functional groups attached to an aromatic ring is 1. The molecule has 1 heterocycles. The maximum atomic E-state index is 5.94. The quantitative estimate of drug-likeness (QED) is 0.733. The Morgan fingerprint density at radius 1 is 1.19 bits per heavy atom. The van der Waals surface area contributed by atoms with Gasteiger partial charge in [-0.25, -0.2) is 0 Å². The molecule has 1 fully saturated rings. The molecule has 0 saturated carbocycles. The third kappa shape index (κ3) is 2.01. The fourth-order valence-electron chi connectivity index (χ4n) is 2.59. The zero-order valence-electron chi connectivity index (χ0n) is 10.6. The first kappa shape index (κ1) is 11.3. The molecule has 1 atom stereocenters. The van der Waals surface area contributed by atoms with Crippen LogP contribution in [-0.4, -0.2) is 12.6 Å². The van der Waals surface area contributed by atoms with E-state index in [0.717, 1.165) is 5.69 Å². The van der Waals surface area contributed by atoms with Crippen molar-refractivity contribution in [3.8, 4) is 0 Å². The average Bonchev–Trinajstić information content (AvgIpc) is 2.25. The van der Waals surface area contributed by atoms with Gasteiger partial charge in [-0.3, -0.25) is 0 Å². The Bertz CT molecular complexity index is 385. The number of aryl methyl sites for hydroxylation is 2. The van der Waals surface area contributed by atoms with Gasteiger partial charge in [0.25, 0.3) is 0 Å². The summed E-state index contributed by atoms with van der Waals surface area (Å²) in [5.41, 5.74) is 10.7. The molecule has 0 aromatic heterocycles. The van der Waals surface area contributed by atoms with Crippen molar-refractivity contribution in [2.75, 3.05) is 17.2 Å². The number of hydrogen-bond acceptors (Lipinski definition) is 2. The Morgan fingerprint density at radius 3 is 2.62 bits per heavy atom. The Kier molecular flexibility index (Phi) is 3.08. The van der Waals surface area contributed by atoms with Crippen LogP contribution in [0.2, 0.25) is 0 Å². The lowest BCUT2D eigenvalue weighted by atomic mass is 10.00. The lowest BCUT2D eigenvalue weighted by Crippen LogP contribution is -2.37. The number of benzene rings is 1. The molecule has 1 aromatic carbocycles. The van der Waals surface area contributed by atoms with Gasteiger partial charge in [-0.05, 0) is 63.3 Å². The van der Waals surface area contributed by atoms with E-state index in [0.29, 0.717) is 6.04 Å². The molecule has 0 radical (unpaired) electrons. The zero-order chi connectivity index (χ0) is 11.7. The summed E-state index contributed by atoms with van der Waals surface area (Å²) in [4.78, 5) is 2.53. The van der Waals surface area contributed by atoms with Crippen molar-refractivity contribution in [3.63, 3.8) is 0 Å². The Balaban J connectivity index is 2.35. The molecule has 0 amide bonds. The van der Waals surface area contributed by atoms with Crippen LogP contribution in [0.5, 0.6) is 0 Å². The SMILES string of the molecule is Cc1cc(N2CCCC[C@@H]2C)c(C)cc1N. The summed E-state index contributed by atoms with van der Waals surface area (Å²) in [5, 5.41) is 0. The highest BCUT2D eigenvalue weighted by Crippen LogP contribution is 2.30. The molecule has 0 unspecified atom stereocenters. The minimum Gasteiger partial charge on any atom is -0.399 e. The van der Waals surface area contributed by atoms with Gasteiger partial charge < -0.3 is 10.6 Å². The smallest absolute Gasteiger partial charge is 0.0402 e.